The molecule has 1 amide bonds. The van der Waals surface area contributed by atoms with Crippen molar-refractivity contribution in [3.63, 3.8) is 0 Å². The summed E-state index contributed by atoms with van der Waals surface area (Å²) in [6.07, 6.45) is 1.33. The van der Waals surface area contributed by atoms with Gasteiger partial charge < -0.3 is 4.74 Å². The molecule has 25 heavy (non-hydrogen) atoms. The molecule has 0 aromatic heterocycles. The van der Waals surface area contributed by atoms with Crippen molar-refractivity contribution in [1.82, 2.24) is 5.43 Å². The number of amides is 1. The zero-order chi connectivity index (χ0) is 18.4. The summed E-state index contributed by atoms with van der Waals surface area (Å²) in [7, 11) is 0. The Balaban J connectivity index is 1.91. The average molecular weight is 406 g/mol. The molecule has 0 spiro atoms. The van der Waals surface area contributed by atoms with Crippen molar-refractivity contribution in [2.24, 2.45) is 5.10 Å². The Morgan fingerprint density at radius 1 is 1.36 bits per heavy atom. The summed E-state index contributed by atoms with van der Waals surface area (Å²) in [6, 6.07) is 9.79. The Kier molecular flexibility index (Phi) is 6.24. The lowest BCUT2D eigenvalue weighted by Crippen LogP contribution is -2.24. The Hall–Kier alpha value is -2.74. The van der Waals surface area contributed by atoms with Crippen LogP contribution in [-0.4, -0.2) is 23.7 Å². The quantitative estimate of drug-likeness (QED) is 0.451. The highest BCUT2D eigenvalue weighted by Gasteiger charge is 2.09. The van der Waals surface area contributed by atoms with Crippen molar-refractivity contribution >= 4 is 33.7 Å². The monoisotopic (exact) mass is 405 g/mol. The van der Waals surface area contributed by atoms with Crippen LogP contribution in [0, 0.1) is 24.0 Å². The van der Waals surface area contributed by atoms with Crippen LogP contribution in [-0.2, 0) is 4.79 Å². The van der Waals surface area contributed by atoms with Gasteiger partial charge in [-0.15, -0.1) is 0 Å². The lowest BCUT2D eigenvalue weighted by molar-refractivity contribution is -0.384. The van der Waals surface area contributed by atoms with Crippen molar-refractivity contribution in [2.45, 2.75) is 13.8 Å². The summed E-state index contributed by atoms with van der Waals surface area (Å²) in [5, 5.41) is 14.5. The molecule has 0 atom stereocenters. The zero-order valence-corrected chi connectivity index (χ0v) is 15.2. The molecule has 0 saturated heterocycles. The summed E-state index contributed by atoms with van der Waals surface area (Å²) >= 11 is 3.41. The minimum absolute atomic E-state index is 0.0432. The van der Waals surface area contributed by atoms with Gasteiger partial charge in [-0.2, -0.15) is 5.10 Å². The number of nitro groups is 1. The number of nitrogens with one attached hydrogen (secondary N) is 1. The van der Waals surface area contributed by atoms with E-state index in [0.717, 1.165) is 15.6 Å². The zero-order valence-electron chi connectivity index (χ0n) is 13.7. The van der Waals surface area contributed by atoms with E-state index in [1.165, 1.54) is 18.3 Å². The van der Waals surface area contributed by atoms with Crippen molar-refractivity contribution in [3.05, 3.63) is 67.7 Å². The van der Waals surface area contributed by atoms with Crippen LogP contribution in [0.5, 0.6) is 5.75 Å². The van der Waals surface area contributed by atoms with E-state index in [1.807, 2.05) is 26.0 Å². The number of hydrogen-bond acceptors (Lipinski definition) is 5. The van der Waals surface area contributed by atoms with Crippen LogP contribution in [0.25, 0.3) is 0 Å². The number of hydrogen-bond donors (Lipinski definition) is 1. The van der Waals surface area contributed by atoms with Crippen LogP contribution >= 0.6 is 15.9 Å². The Morgan fingerprint density at radius 3 is 2.80 bits per heavy atom. The number of nitrogens with zero attached hydrogens (tertiary/aromatic N) is 2. The van der Waals surface area contributed by atoms with Gasteiger partial charge in [-0.05, 0) is 47.0 Å². The van der Waals surface area contributed by atoms with E-state index in [0.29, 0.717) is 11.3 Å². The van der Waals surface area contributed by atoms with E-state index in [4.69, 9.17) is 4.74 Å². The number of nitro benzene ring substituents is 1. The molecule has 2 rings (SSSR count). The molecule has 0 bridgehead atoms. The van der Waals surface area contributed by atoms with Gasteiger partial charge in [0, 0.05) is 17.7 Å². The van der Waals surface area contributed by atoms with Crippen LogP contribution < -0.4 is 10.2 Å². The van der Waals surface area contributed by atoms with Gasteiger partial charge in [0.15, 0.2) is 6.61 Å². The molecular formula is C17H16BrN3O4. The van der Waals surface area contributed by atoms with E-state index in [-0.39, 0.29) is 12.3 Å². The van der Waals surface area contributed by atoms with Gasteiger partial charge in [0.2, 0.25) is 0 Å². The molecular weight excluding hydrogens is 390 g/mol. The van der Waals surface area contributed by atoms with Crippen molar-refractivity contribution in [2.75, 3.05) is 6.61 Å². The molecule has 2 aromatic carbocycles. The van der Waals surface area contributed by atoms with Crippen LogP contribution in [0.1, 0.15) is 16.7 Å². The summed E-state index contributed by atoms with van der Waals surface area (Å²) in [6.45, 7) is 3.66. The lowest BCUT2D eigenvalue weighted by Gasteiger charge is -2.11. The molecule has 0 aliphatic heterocycles. The molecule has 8 heteroatoms. The maximum atomic E-state index is 11.8. The Morgan fingerprint density at radius 2 is 2.12 bits per heavy atom. The standard InChI is InChI=1S/C17H16BrN3O4/c1-11-6-12(2)17(15(18)7-11)25-10-16(22)20-19-9-13-4-3-5-14(8-13)21(23)24/h3-9H,10H2,1-2H3,(H,20,22)/b19-9-. The number of carbonyl (C=O) groups excluding carboxylic acids is 1. The third kappa shape index (κ3) is 5.39. The van der Waals surface area contributed by atoms with Gasteiger partial charge in [-0.3, -0.25) is 14.9 Å². The molecule has 0 aliphatic rings. The smallest absolute Gasteiger partial charge is 0.277 e. The number of rotatable bonds is 6. The van der Waals surface area contributed by atoms with Crippen LogP contribution in [0.15, 0.2) is 46.0 Å². The number of hydrazone groups is 1. The minimum atomic E-state index is -0.495. The number of ether oxygens (including phenoxy) is 1. The van der Waals surface area contributed by atoms with Crippen LogP contribution in [0.2, 0.25) is 0 Å². The van der Waals surface area contributed by atoms with Crippen molar-refractivity contribution in [1.29, 1.82) is 0 Å². The summed E-state index contributed by atoms with van der Waals surface area (Å²) < 4.78 is 6.29. The lowest BCUT2D eigenvalue weighted by atomic mass is 10.1. The van der Waals surface area contributed by atoms with Gasteiger partial charge in [0.1, 0.15) is 5.75 Å². The first kappa shape index (κ1) is 18.6. The van der Waals surface area contributed by atoms with Gasteiger partial charge in [-0.1, -0.05) is 18.2 Å². The van der Waals surface area contributed by atoms with E-state index in [9.17, 15) is 14.9 Å². The molecule has 2 aromatic rings. The summed E-state index contributed by atoms with van der Waals surface area (Å²) in [5.74, 6) is 0.164. The fourth-order valence-electron chi connectivity index (χ4n) is 2.15. The number of non-ortho nitro benzene ring substituents is 1. The predicted molar refractivity (Wildman–Crippen MR) is 97.9 cm³/mol. The van der Waals surface area contributed by atoms with Gasteiger partial charge in [-0.25, -0.2) is 5.43 Å². The van der Waals surface area contributed by atoms with E-state index < -0.39 is 10.8 Å². The SMILES string of the molecule is Cc1cc(C)c(OCC(=O)N/N=C\c2cccc([N+](=O)[O-])c2)c(Br)c1. The second-order valence-corrected chi connectivity index (χ2v) is 6.18. The fraction of sp³-hybridized carbons (Fsp3) is 0.176. The highest BCUT2D eigenvalue weighted by atomic mass is 79.9. The van der Waals surface area contributed by atoms with Gasteiger partial charge >= 0.3 is 0 Å². The van der Waals surface area contributed by atoms with Crippen LogP contribution in [0.4, 0.5) is 5.69 Å². The first-order chi connectivity index (χ1) is 11.9. The highest BCUT2D eigenvalue weighted by Crippen LogP contribution is 2.30. The Bertz CT molecular complexity index is 813. The first-order valence-corrected chi connectivity index (χ1v) is 8.12. The molecule has 130 valence electrons. The van der Waals surface area contributed by atoms with E-state index in [2.05, 4.69) is 26.5 Å². The molecule has 0 aliphatic carbocycles. The molecule has 0 saturated carbocycles. The number of benzene rings is 2. The third-order valence-corrected chi connectivity index (χ3v) is 3.79. The summed E-state index contributed by atoms with van der Waals surface area (Å²) in [4.78, 5) is 22.0. The summed E-state index contributed by atoms with van der Waals surface area (Å²) in [5.41, 5.74) is 4.79. The topological polar surface area (TPSA) is 93.8 Å². The molecule has 0 unspecified atom stereocenters. The van der Waals surface area contributed by atoms with E-state index in [1.54, 1.807) is 12.1 Å². The Labute approximate surface area is 153 Å². The second kappa shape index (κ2) is 8.39. The van der Waals surface area contributed by atoms with Crippen molar-refractivity contribution < 1.29 is 14.5 Å². The third-order valence-electron chi connectivity index (χ3n) is 3.21. The van der Waals surface area contributed by atoms with Crippen molar-refractivity contribution in [3.8, 4) is 5.75 Å². The normalized spacial score (nSPS) is 10.7. The second-order valence-electron chi connectivity index (χ2n) is 5.33. The molecule has 0 fully saturated rings. The predicted octanol–water partition coefficient (Wildman–Crippen LogP) is 3.50. The van der Waals surface area contributed by atoms with Gasteiger partial charge in [0.25, 0.3) is 11.6 Å². The molecule has 0 heterocycles. The maximum absolute atomic E-state index is 11.8. The number of halogens is 1. The molecule has 0 radical (unpaired) electrons. The number of carbonyl (C=O) groups is 1. The number of aryl methyl sites for hydroxylation is 2. The fourth-order valence-corrected chi connectivity index (χ4v) is 2.94. The first-order valence-electron chi connectivity index (χ1n) is 7.32. The van der Waals surface area contributed by atoms with Crippen LogP contribution in [0.3, 0.4) is 0 Å². The van der Waals surface area contributed by atoms with E-state index >= 15 is 0 Å². The molecule has 1 N–H and O–H groups in total. The highest BCUT2D eigenvalue weighted by molar-refractivity contribution is 9.10. The average Bonchev–Trinajstić information content (AvgIpc) is 2.54. The maximum Gasteiger partial charge on any atom is 0.277 e. The largest absolute Gasteiger partial charge is 0.482 e. The molecule has 7 nitrogen and oxygen atoms in total. The minimum Gasteiger partial charge on any atom is -0.482 e. The van der Waals surface area contributed by atoms with Gasteiger partial charge in [0.05, 0.1) is 15.6 Å².